The van der Waals surface area contributed by atoms with E-state index in [0.717, 1.165) is 32.9 Å². The Morgan fingerprint density at radius 2 is 2.00 bits per heavy atom. The maximum absolute atomic E-state index is 12.2. The van der Waals surface area contributed by atoms with Gasteiger partial charge >= 0.3 is 0 Å². The normalized spacial score (nSPS) is 11.0. The minimum Gasteiger partial charge on any atom is -0.495 e. The molecule has 3 rings (SSSR count). The molecule has 1 N–H and O–H groups in total. The number of carbonyl (C=O) groups is 1. The summed E-state index contributed by atoms with van der Waals surface area (Å²) in [5, 5.41) is 4.73. The second-order valence-electron chi connectivity index (χ2n) is 6.19. The van der Waals surface area contributed by atoms with Gasteiger partial charge in [0.25, 0.3) is 5.91 Å². The Hall–Kier alpha value is -2.57. The summed E-state index contributed by atoms with van der Waals surface area (Å²) < 4.78 is 8.35. The molecule has 2 aromatic carbocycles. The number of benzene rings is 2. The van der Waals surface area contributed by atoms with Crippen LogP contribution in [0.5, 0.6) is 5.75 Å². The largest absolute Gasteiger partial charge is 0.495 e. The lowest BCUT2D eigenvalue weighted by Gasteiger charge is -2.14. The van der Waals surface area contributed by atoms with Crippen molar-refractivity contribution in [3.05, 3.63) is 80.5 Å². The lowest BCUT2D eigenvalue weighted by molar-refractivity contribution is 0.0955. The van der Waals surface area contributed by atoms with Crippen molar-refractivity contribution in [3.63, 3.8) is 0 Å². The van der Waals surface area contributed by atoms with Crippen molar-refractivity contribution in [3.8, 4) is 11.4 Å². The average molecular weight is 461 g/mol. The predicted molar refractivity (Wildman–Crippen MR) is 116 cm³/mol. The van der Waals surface area contributed by atoms with Gasteiger partial charge in [0.15, 0.2) is 0 Å². The zero-order valence-electron chi connectivity index (χ0n) is 15.7. The molecule has 0 radical (unpaired) electrons. The lowest BCUT2D eigenvalue weighted by atomic mass is 10.2. The minimum absolute atomic E-state index is 0.275. The van der Waals surface area contributed by atoms with Crippen LogP contribution in [0.15, 0.2) is 58.1 Å². The first-order valence-electron chi connectivity index (χ1n) is 8.52. The van der Waals surface area contributed by atoms with Crippen molar-refractivity contribution in [1.29, 1.82) is 0 Å². The Kier molecular flexibility index (Phi) is 6.21. The second kappa shape index (κ2) is 8.63. The van der Waals surface area contributed by atoms with Crippen molar-refractivity contribution in [1.82, 2.24) is 9.99 Å². The number of hydrazone groups is 1. The fraction of sp³-hybridized carbons (Fsp3) is 0.143. The zero-order valence-corrected chi connectivity index (χ0v) is 18.0. The van der Waals surface area contributed by atoms with E-state index in [1.807, 2.05) is 42.7 Å². The van der Waals surface area contributed by atoms with Crippen molar-refractivity contribution < 1.29 is 9.53 Å². The van der Waals surface area contributed by atoms with Crippen LogP contribution in [0.1, 0.15) is 27.3 Å². The highest BCUT2D eigenvalue weighted by Crippen LogP contribution is 2.30. The molecule has 3 aromatic rings. The van der Waals surface area contributed by atoms with Crippen LogP contribution in [-0.4, -0.2) is 23.8 Å². The van der Waals surface area contributed by atoms with E-state index in [-0.39, 0.29) is 5.91 Å². The Morgan fingerprint density at radius 3 is 2.71 bits per heavy atom. The Balaban J connectivity index is 1.85. The molecule has 28 heavy (non-hydrogen) atoms. The van der Waals surface area contributed by atoms with Gasteiger partial charge in [-0.15, -0.1) is 0 Å². The highest BCUT2D eigenvalue weighted by Gasteiger charge is 2.14. The van der Waals surface area contributed by atoms with Crippen LogP contribution in [0.25, 0.3) is 5.69 Å². The third kappa shape index (κ3) is 4.29. The minimum atomic E-state index is -0.275. The number of aryl methyl sites for hydroxylation is 1. The van der Waals surface area contributed by atoms with Gasteiger partial charge in [0.1, 0.15) is 5.75 Å². The molecular formula is C21H19BrClN3O2. The second-order valence-corrected chi connectivity index (χ2v) is 7.54. The molecule has 5 nitrogen and oxygen atoms in total. The standard InChI is InChI=1S/C21H19BrClN3O2/c1-13-9-16(12-24-25-21(27)15-5-4-6-17(22)10-15)14(2)26(13)19-11-18(23)7-8-20(19)28-3/h4-12H,1-3H3,(H,25,27)/b24-12-. The summed E-state index contributed by atoms with van der Waals surface area (Å²) in [5.41, 5.74) is 6.77. The topological polar surface area (TPSA) is 55.6 Å². The maximum Gasteiger partial charge on any atom is 0.271 e. The van der Waals surface area contributed by atoms with Crippen LogP contribution >= 0.6 is 27.5 Å². The summed E-state index contributed by atoms with van der Waals surface area (Å²) in [6.07, 6.45) is 1.63. The van der Waals surface area contributed by atoms with Gasteiger partial charge in [-0.05, 0) is 56.3 Å². The van der Waals surface area contributed by atoms with Gasteiger partial charge in [-0.25, -0.2) is 5.43 Å². The Bertz CT molecular complexity index is 1060. The number of halogens is 2. The lowest BCUT2D eigenvalue weighted by Crippen LogP contribution is -2.17. The van der Waals surface area contributed by atoms with E-state index in [9.17, 15) is 4.79 Å². The molecule has 144 valence electrons. The van der Waals surface area contributed by atoms with Crippen LogP contribution in [0.2, 0.25) is 5.02 Å². The van der Waals surface area contributed by atoms with E-state index in [1.165, 1.54) is 0 Å². The fourth-order valence-corrected chi connectivity index (χ4v) is 3.55. The molecule has 0 unspecified atom stereocenters. The number of methoxy groups -OCH3 is 1. The van der Waals surface area contributed by atoms with Gasteiger partial charge in [0.2, 0.25) is 0 Å². The fourth-order valence-electron chi connectivity index (χ4n) is 2.98. The third-order valence-electron chi connectivity index (χ3n) is 4.31. The van der Waals surface area contributed by atoms with E-state index < -0.39 is 0 Å². The Morgan fingerprint density at radius 1 is 1.21 bits per heavy atom. The van der Waals surface area contributed by atoms with Gasteiger partial charge < -0.3 is 9.30 Å². The molecule has 7 heteroatoms. The first-order valence-corrected chi connectivity index (χ1v) is 9.69. The number of aromatic nitrogens is 1. The SMILES string of the molecule is COc1ccc(Cl)cc1-n1c(C)cc(/C=N\NC(=O)c2cccc(Br)c2)c1C. The molecule has 0 spiro atoms. The average Bonchev–Trinajstić information content (AvgIpc) is 2.95. The van der Waals surface area contributed by atoms with Crippen molar-refractivity contribution in [2.75, 3.05) is 7.11 Å². The molecule has 0 aliphatic rings. The quantitative estimate of drug-likeness (QED) is 0.416. The molecule has 0 fully saturated rings. The number of hydrogen-bond donors (Lipinski definition) is 1. The van der Waals surface area contributed by atoms with E-state index in [0.29, 0.717) is 10.6 Å². The number of nitrogens with zero attached hydrogens (tertiary/aromatic N) is 2. The van der Waals surface area contributed by atoms with E-state index in [2.05, 4.69) is 26.5 Å². The highest BCUT2D eigenvalue weighted by atomic mass is 79.9. The first kappa shape index (κ1) is 20.2. The predicted octanol–water partition coefficient (Wildman–Crippen LogP) is 5.28. The number of ether oxygens (including phenoxy) is 1. The molecule has 0 aliphatic carbocycles. The molecule has 1 aromatic heterocycles. The van der Waals surface area contributed by atoms with Crippen LogP contribution in [-0.2, 0) is 0 Å². The van der Waals surface area contributed by atoms with Gasteiger partial charge in [0.05, 0.1) is 19.0 Å². The van der Waals surface area contributed by atoms with Gasteiger partial charge in [-0.3, -0.25) is 4.79 Å². The zero-order chi connectivity index (χ0) is 20.3. The van der Waals surface area contributed by atoms with Gasteiger partial charge in [-0.2, -0.15) is 5.10 Å². The summed E-state index contributed by atoms with van der Waals surface area (Å²) in [6.45, 7) is 3.97. The van der Waals surface area contributed by atoms with Gasteiger partial charge in [-0.1, -0.05) is 33.6 Å². The first-order chi connectivity index (χ1) is 13.4. The number of rotatable bonds is 5. The third-order valence-corrected chi connectivity index (χ3v) is 5.04. The molecule has 0 saturated carbocycles. The molecule has 0 atom stereocenters. The van der Waals surface area contributed by atoms with Crippen LogP contribution in [0.4, 0.5) is 0 Å². The van der Waals surface area contributed by atoms with Crippen molar-refractivity contribution in [2.24, 2.45) is 5.10 Å². The number of hydrogen-bond acceptors (Lipinski definition) is 3. The van der Waals surface area contributed by atoms with Gasteiger partial charge in [0, 0.05) is 32.0 Å². The summed E-state index contributed by atoms with van der Waals surface area (Å²) in [5.74, 6) is 0.445. The molecule has 0 bridgehead atoms. The summed E-state index contributed by atoms with van der Waals surface area (Å²) in [4.78, 5) is 12.2. The molecule has 0 aliphatic heterocycles. The summed E-state index contributed by atoms with van der Waals surface area (Å²) in [6, 6.07) is 14.6. The summed E-state index contributed by atoms with van der Waals surface area (Å²) >= 11 is 9.53. The molecule has 1 amide bonds. The van der Waals surface area contributed by atoms with Crippen molar-refractivity contribution >= 4 is 39.7 Å². The van der Waals surface area contributed by atoms with E-state index >= 15 is 0 Å². The van der Waals surface area contributed by atoms with Crippen LogP contribution in [0.3, 0.4) is 0 Å². The van der Waals surface area contributed by atoms with E-state index in [4.69, 9.17) is 16.3 Å². The monoisotopic (exact) mass is 459 g/mol. The van der Waals surface area contributed by atoms with Crippen LogP contribution < -0.4 is 10.2 Å². The Labute approximate surface area is 177 Å². The highest BCUT2D eigenvalue weighted by molar-refractivity contribution is 9.10. The molecule has 0 saturated heterocycles. The maximum atomic E-state index is 12.2. The van der Waals surface area contributed by atoms with E-state index in [1.54, 1.807) is 37.6 Å². The molecule has 1 heterocycles. The smallest absolute Gasteiger partial charge is 0.271 e. The summed E-state index contributed by atoms with van der Waals surface area (Å²) in [7, 11) is 1.63. The number of amides is 1. The number of carbonyl (C=O) groups excluding carboxylic acids is 1. The number of nitrogens with one attached hydrogen (secondary N) is 1. The van der Waals surface area contributed by atoms with Crippen molar-refractivity contribution in [2.45, 2.75) is 13.8 Å². The van der Waals surface area contributed by atoms with Crippen LogP contribution in [0, 0.1) is 13.8 Å². The molecular weight excluding hydrogens is 442 g/mol.